The van der Waals surface area contributed by atoms with E-state index in [1.54, 1.807) is 62.3 Å². The Hall–Kier alpha value is -3.18. The van der Waals surface area contributed by atoms with Crippen LogP contribution < -0.4 is 0 Å². The summed E-state index contributed by atoms with van der Waals surface area (Å²) < 4.78 is 28.9. The van der Waals surface area contributed by atoms with Crippen molar-refractivity contribution in [2.45, 2.75) is 127 Å². The van der Waals surface area contributed by atoms with Crippen LogP contribution >= 0.6 is 0 Å². The fourth-order valence-corrected chi connectivity index (χ4v) is 4.14. The molecule has 0 aliphatic heterocycles. The Morgan fingerprint density at radius 3 is 1.07 bits per heavy atom. The number of carbonyl (C=O) groups is 6. The Labute approximate surface area is 248 Å². The van der Waals surface area contributed by atoms with Crippen molar-refractivity contribution in [2.24, 2.45) is 27.6 Å². The molecule has 1 saturated carbocycles. The van der Waals surface area contributed by atoms with Crippen molar-refractivity contribution in [1.82, 2.24) is 0 Å². The van der Waals surface area contributed by atoms with Crippen LogP contribution in [0.2, 0.25) is 0 Å². The predicted octanol–water partition coefficient (Wildman–Crippen LogP) is 3.85. The van der Waals surface area contributed by atoms with Crippen LogP contribution in [0, 0.1) is 27.6 Å². The summed E-state index contributed by atoms with van der Waals surface area (Å²) in [5.41, 5.74) is -4.68. The average Bonchev–Trinajstić information content (AvgIpc) is 2.77. The number of carbonyl (C=O) groups excluding carboxylic acids is 5. The molecule has 12 heteroatoms. The Morgan fingerprint density at radius 1 is 0.500 bits per heavy atom. The van der Waals surface area contributed by atoms with E-state index >= 15 is 0 Å². The van der Waals surface area contributed by atoms with Gasteiger partial charge in [0.1, 0.15) is 12.2 Å². The van der Waals surface area contributed by atoms with E-state index in [1.807, 2.05) is 0 Å². The third-order valence-electron chi connectivity index (χ3n) is 6.63. The van der Waals surface area contributed by atoms with Gasteiger partial charge in [-0.1, -0.05) is 0 Å². The standard InChI is InChI=1S/C30H48O12/c1-15(31)38-18-17(14-30(12,13)23(33)34)19(40-24(35)27(3,4)5)20(39-16(2)32)22(42-26(37)29(9,10)11)21(18)41-25(36)28(6,7)8/h17-22H,14H2,1-13H3,(H,33,34). The number of hydrogen-bond acceptors (Lipinski definition) is 11. The van der Waals surface area contributed by atoms with Crippen LogP contribution in [0.3, 0.4) is 0 Å². The van der Waals surface area contributed by atoms with Gasteiger partial charge in [0.2, 0.25) is 0 Å². The number of esters is 5. The first-order valence-electron chi connectivity index (χ1n) is 13.9. The fraction of sp³-hybridized carbons (Fsp3) is 0.800. The summed E-state index contributed by atoms with van der Waals surface area (Å²) >= 11 is 0. The van der Waals surface area contributed by atoms with Gasteiger partial charge in [0.15, 0.2) is 18.3 Å². The minimum atomic E-state index is -1.60. The van der Waals surface area contributed by atoms with E-state index in [9.17, 15) is 33.9 Å². The maximum Gasteiger partial charge on any atom is 0.311 e. The van der Waals surface area contributed by atoms with Crippen LogP contribution in [0.4, 0.5) is 0 Å². The maximum atomic E-state index is 13.2. The SMILES string of the molecule is CC(=O)OC1C(CC(C)(C)C(=O)O)C(OC(=O)C(C)(C)C)C(OC(C)=O)C(OC(=O)C(C)(C)C)C1OC(=O)C(C)(C)C. The van der Waals surface area contributed by atoms with Crippen molar-refractivity contribution < 1.29 is 57.6 Å². The van der Waals surface area contributed by atoms with E-state index in [0.29, 0.717) is 0 Å². The normalized spacial score (nSPS) is 25.1. The number of ether oxygens (including phenoxy) is 5. The summed E-state index contributed by atoms with van der Waals surface area (Å²) in [5, 5.41) is 9.97. The largest absolute Gasteiger partial charge is 0.481 e. The van der Waals surface area contributed by atoms with Crippen LogP contribution in [0.25, 0.3) is 0 Å². The highest BCUT2D eigenvalue weighted by Crippen LogP contribution is 2.43. The Kier molecular flexibility index (Phi) is 11.4. The highest BCUT2D eigenvalue weighted by atomic mass is 16.6. The topological polar surface area (TPSA) is 169 Å². The van der Waals surface area contributed by atoms with Crippen molar-refractivity contribution in [1.29, 1.82) is 0 Å². The molecule has 12 nitrogen and oxygen atoms in total. The van der Waals surface area contributed by atoms with E-state index in [1.165, 1.54) is 13.8 Å². The molecule has 1 rings (SSSR count). The molecule has 0 aromatic heterocycles. The van der Waals surface area contributed by atoms with Crippen LogP contribution in [0.1, 0.15) is 96.4 Å². The summed E-state index contributed by atoms with van der Waals surface area (Å²) in [7, 11) is 0. The summed E-state index contributed by atoms with van der Waals surface area (Å²) in [6, 6.07) is 0. The molecule has 1 aliphatic rings. The molecule has 0 bridgehead atoms. The third-order valence-corrected chi connectivity index (χ3v) is 6.63. The molecule has 0 spiro atoms. The van der Waals surface area contributed by atoms with Crippen LogP contribution in [0.5, 0.6) is 0 Å². The van der Waals surface area contributed by atoms with Gasteiger partial charge in [-0.15, -0.1) is 0 Å². The molecule has 0 radical (unpaired) electrons. The molecular formula is C30H48O12. The number of hydrogen-bond donors (Lipinski definition) is 1. The Morgan fingerprint density at radius 2 is 0.762 bits per heavy atom. The first-order chi connectivity index (χ1) is 18.7. The summed E-state index contributed by atoms with van der Waals surface area (Å²) in [5.74, 6) is -6.32. The van der Waals surface area contributed by atoms with Crippen LogP contribution in [0.15, 0.2) is 0 Å². The second-order valence-corrected chi connectivity index (χ2v) is 14.6. The second-order valence-electron chi connectivity index (χ2n) is 14.6. The molecule has 0 aromatic carbocycles. The summed E-state index contributed by atoms with van der Waals surface area (Å²) in [6.07, 6.45) is -7.92. The fourth-order valence-electron chi connectivity index (χ4n) is 4.14. The quantitative estimate of drug-likeness (QED) is 0.316. The van der Waals surface area contributed by atoms with Gasteiger partial charge in [0.25, 0.3) is 0 Å². The highest BCUT2D eigenvalue weighted by molar-refractivity contribution is 5.78. The zero-order chi connectivity index (χ0) is 33.2. The van der Waals surface area contributed by atoms with Crippen molar-refractivity contribution in [3.63, 3.8) is 0 Å². The first-order valence-corrected chi connectivity index (χ1v) is 13.9. The van der Waals surface area contributed by atoms with Crippen molar-refractivity contribution >= 4 is 35.8 Å². The van der Waals surface area contributed by atoms with E-state index in [0.717, 1.165) is 13.8 Å². The smallest absolute Gasteiger partial charge is 0.311 e. The maximum absolute atomic E-state index is 13.2. The lowest BCUT2D eigenvalue weighted by molar-refractivity contribution is -0.254. The molecule has 0 amide bonds. The molecule has 0 aromatic rings. The predicted molar refractivity (Wildman–Crippen MR) is 149 cm³/mol. The Balaban J connectivity index is 4.11. The third kappa shape index (κ3) is 9.69. The van der Waals surface area contributed by atoms with Crippen molar-refractivity contribution in [3.05, 3.63) is 0 Å². The monoisotopic (exact) mass is 600 g/mol. The highest BCUT2D eigenvalue weighted by Gasteiger charge is 2.61. The van der Waals surface area contributed by atoms with Crippen LogP contribution in [-0.2, 0) is 52.5 Å². The van der Waals surface area contributed by atoms with E-state index in [-0.39, 0.29) is 6.42 Å². The van der Waals surface area contributed by atoms with Gasteiger partial charge < -0.3 is 28.8 Å². The molecule has 0 heterocycles. The van der Waals surface area contributed by atoms with Gasteiger partial charge in [0.05, 0.1) is 21.7 Å². The molecule has 6 atom stereocenters. The molecule has 6 unspecified atom stereocenters. The molecule has 0 saturated heterocycles. The number of aliphatic carboxylic acids is 1. The van der Waals surface area contributed by atoms with Crippen LogP contribution in [-0.4, -0.2) is 71.4 Å². The first kappa shape index (κ1) is 36.8. The molecule has 1 aliphatic carbocycles. The van der Waals surface area contributed by atoms with E-state index in [4.69, 9.17) is 23.7 Å². The number of carboxylic acid groups (broad SMARTS) is 1. The van der Waals surface area contributed by atoms with Gasteiger partial charge in [-0.3, -0.25) is 28.8 Å². The molecule has 1 N–H and O–H groups in total. The van der Waals surface area contributed by atoms with Crippen molar-refractivity contribution in [3.8, 4) is 0 Å². The number of rotatable bonds is 8. The van der Waals surface area contributed by atoms with E-state index in [2.05, 4.69) is 0 Å². The van der Waals surface area contributed by atoms with Gasteiger partial charge in [0, 0.05) is 19.8 Å². The van der Waals surface area contributed by atoms with Gasteiger partial charge in [-0.05, 0) is 82.6 Å². The molecule has 240 valence electrons. The molecule has 1 fully saturated rings. The van der Waals surface area contributed by atoms with Crippen molar-refractivity contribution in [2.75, 3.05) is 0 Å². The number of carboxylic acids is 1. The van der Waals surface area contributed by atoms with Gasteiger partial charge in [-0.25, -0.2) is 0 Å². The lowest BCUT2D eigenvalue weighted by Gasteiger charge is -2.50. The average molecular weight is 601 g/mol. The van der Waals surface area contributed by atoms with E-state index < -0.39 is 93.9 Å². The van der Waals surface area contributed by atoms with Gasteiger partial charge in [-0.2, -0.15) is 0 Å². The lowest BCUT2D eigenvalue weighted by Crippen LogP contribution is -2.67. The summed E-state index contributed by atoms with van der Waals surface area (Å²) in [4.78, 5) is 76.8. The molecular weight excluding hydrogens is 552 g/mol. The van der Waals surface area contributed by atoms with Gasteiger partial charge >= 0.3 is 35.8 Å². The lowest BCUT2D eigenvalue weighted by atomic mass is 9.70. The zero-order valence-electron chi connectivity index (χ0n) is 27.1. The Bertz CT molecular complexity index is 1050. The second kappa shape index (κ2) is 13.0. The minimum absolute atomic E-state index is 0.274. The zero-order valence-corrected chi connectivity index (χ0v) is 27.1. The molecule has 42 heavy (non-hydrogen) atoms. The summed E-state index contributed by atoms with van der Waals surface area (Å²) in [6.45, 7) is 19.3. The minimum Gasteiger partial charge on any atom is -0.481 e.